The summed E-state index contributed by atoms with van der Waals surface area (Å²) in [4.78, 5) is 9.52. The Labute approximate surface area is 195 Å². The van der Waals surface area contributed by atoms with Gasteiger partial charge in [-0.1, -0.05) is 64.1 Å². The van der Waals surface area contributed by atoms with E-state index in [-0.39, 0.29) is 0 Å². The molecular weight excluding hydrogens is 404 g/mol. The maximum Gasteiger partial charge on any atom is 0.227 e. The van der Waals surface area contributed by atoms with Crippen LogP contribution < -0.4 is 0 Å². The van der Waals surface area contributed by atoms with E-state index in [4.69, 9.17) is 14.4 Å². The smallest absolute Gasteiger partial charge is 0.227 e. The van der Waals surface area contributed by atoms with Crippen molar-refractivity contribution in [1.82, 2.24) is 9.97 Å². The first-order valence-corrected chi connectivity index (χ1v) is 11.8. The lowest BCUT2D eigenvalue weighted by Crippen LogP contribution is -1.93. The third-order valence-corrected chi connectivity index (χ3v) is 6.28. The number of nitrogens with zero attached hydrogens (tertiary/aromatic N) is 2. The molecule has 0 amide bonds. The van der Waals surface area contributed by atoms with Crippen LogP contribution in [0.5, 0.6) is 0 Å². The van der Waals surface area contributed by atoms with Crippen molar-refractivity contribution in [2.45, 2.75) is 47.0 Å². The van der Waals surface area contributed by atoms with Crippen molar-refractivity contribution in [3.8, 4) is 22.4 Å². The molecule has 0 unspecified atom stereocenters. The van der Waals surface area contributed by atoms with Crippen molar-refractivity contribution in [3.63, 3.8) is 0 Å². The minimum atomic E-state index is 0.356. The van der Waals surface area contributed by atoms with Gasteiger partial charge in [-0.2, -0.15) is 0 Å². The van der Waals surface area contributed by atoms with Crippen LogP contribution in [0, 0.1) is 12.8 Å². The van der Waals surface area contributed by atoms with Gasteiger partial charge in [-0.25, -0.2) is 4.98 Å². The lowest BCUT2D eigenvalue weighted by Gasteiger charge is -2.10. The maximum atomic E-state index is 6.36. The first-order valence-electron chi connectivity index (χ1n) is 11.8. The highest BCUT2D eigenvalue weighted by Gasteiger charge is 2.17. The molecule has 0 atom stereocenters. The van der Waals surface area contributed by atoms with Crippen LogP contribution in [0.4, 0.5) is 0 Å². The van der Waals surface area contributed by atoms with Gasteiger partial charge in [0, 0.05) is 28.2 Å². The lowest BCUT2D eigenvalue weighted by molar-refractivity contribution is 0.647. The first-order chi connectivity index (χ1) is 15.9. The molecule has 0 bridgehead atoms. The van der Waals surface area contributed by atoms with E-state index >= 15 is 0 Å². The summed E-state index contributed by atoms with van der Waals surface area (Å²) in [6.07, 6.45) is 2.99. The van der Waals surface area contributed by atoms with Gasteiger partial charge >= 0.3 is 0 Å². The Morgan fingerprint density at radius 1 is 0.818 bits per heavy atom. The van der Waals surface area contributed by atoms with Gasteiger partial charge in [0.2, 0.25) is 5.71 Å². The molecule has 0 aliphatic carbocycles. The Morgan fingerprint density at radius 3 is 2.30 bits per heavy atom. The highest BCUT2D eigenvalue weighted by atomic mass is 16.3. The third kappa shape index (κ3) is 4.04. The van der Waals surface area contributed by atoms with Crippen molar-refractivity contribution >= 4 is 22.1 Å². The number of benzene rings is 2. The Kier molecular flexibility index (Phi) is 5.49. The fourth-order valence-corrected chi connectivity index (χ4v) is 4.52. The molecule has 0 fully saturated rings. The molecule has 0 saturated heterocycles. The van der Waals surface area contributed by atoms with Crippen molar-refractivity contribution in [1.29, 1.82) is 0 Å². The second kappa shape index (κ2) is 8.47. The number of aryl methyl sites for hydroxylation is 1. The molecule has 0 spiro atoms. The molecule has 166 valence electrons. The summed E-state index contributed by atoms with van der Waals surface area (Å²) in [5, 5.41) is 2.13. The number of hydrogen-bond acceptors (Lipinski definition) is 3. The molecule has 2 aromatic carbocycles. The number of furan rings is 1. The Morgan fingerprint density at radius 2 is 1.58 bits per heavy atom. The van der Waals surface area contributed by atoms with Gasteiger partial charge in [0.15, 0.2) is 0 Å². The summed E-state index contributed by atoms with van der Waals surface area (Å²) in [5.41, 5.74) is 9.42. The van der Waals surface area contributed by atoms with Gasteiger partial charge in [-0.05, 0) is 71.7 Å². The number of aromatic nitrogens is 2. The van der Waals surface area contributed by atoms with Crippen LogP contribution in [0.25, 0.3) is 44.5 Å². The zero-order valence-corrected chi connectivity index (χ0v) is 20.0. The topological polar surface area (TPSA) is 38.9 Å². The van der Waals surface area contributed by atoms with Gasteiger partial charge < -0.3 is 4.42 Å². The highest BCUT2D eigenvalue weighted by Crippen LogP contribution is 2.38. The van der Waals surface area contributed by atoms with Crippen LogP contribution >= 0.6 is 0 Å². The molecule has 0 saturated carbocycles. The number of rotatable bonds is 5. The number of pyridine rings is 2. The van der Waals surface area contributed by atoms with E-state index in [1.54, 1.807) is 0 Å². The normalized spacial score (nSPS) is 11.8. The summed E-state index contributed by atoms with van der Waals surface area (Å²) < 4.78 is 6.36. The molecule has 3 nitrogen and oxygen atoms in total. The average molecular weight is 435 g/mol. The van der Waals surface area contributed by atoms with Crippen molar-refractivity contribution in [2.75, 3.05) is 0 Å². The van der Waals surface area contributed by atoms with E-state index in [0.29, 0.717) is 17.5 Å². The lowest BCUT2D eigenvalue weighted by atomic mass is 9.97. The monoisotopic (exact) mass is 434 g/mol. The SMILES string of the molecule is Cc1ccc2c(oc3nc(C(C)C)ccc32)c1-c1cc(-c2ccc(CC(C)C)cc2)ccn1. The van der Waals surface area contributed by atoms with Gasteiger partial charge in [0.05, 0.1) is 5.69 Å². The molecule has 5 aromatic rings. The summed E-state index contributed by atoms with van der Waals surface area (Å²) >= 11 is 0. The van der Waals surface area contributed by atoms with Crippen molar-refractivity contribution in [2.24, 2.45) is 5.92 Å². The second-order valence-electron chi connectivity index (χ2n) is 9.70. The first kappa shape index (κ1) is 21.4. The van der Waals surface area contributed by atoms with Crippen molar-refractivity contribution in [3.05, 3.63) is 83.7 Å². The fourth-order valence-electron chi connectivity index (χ4n) is 4.52. The van der Waals surface area contributed by atoms with Crippen LogP contribution in [0.1, 0.15) is 50.4 Å². The number of hydrogen-bond donors (Lipinski definition) is 0. The number of fused-ring (bicyclic) bond motifs is 3. The highest BCUT2D eigenvalue weighted by molar-refractivity contribution is 6.09. The standard InChI is InChI=1S/C30H30N2O/c1-18(2)16-21-7-9-22(10-8-21)23-14-15-31-27(17-23)28-20(5)6-11-24-25-12-13-26(19(3)4)32-30(25)33-29(24)28/h6-15,17-19H,16H2,1-5H3. The predicted octanol–water partition coefficient (Wildman–Crippen LogP) is 8.34. The Balaban J connectivity index is 1.62. The molecule has 0 radical (unpaired) electrons. The maximum absolute atomic E-state index is 6.36. The second-order valence-corrected chi connectivity index (χ2v) is 9.70. The molecule has 3 heteroatoms. The van der Waals surface area contributed by atoms with Crippen molar-refractivity contribution < 1.29 is 4.42 Å². The fraction of sp³-hybridized carbons (Fsp3) is 0.267. The molecule has 33 heavy (non-hydrogen) atoms. The molecule has 0 aliphatic rings. The quantitative estimate of drug-likeness (QED) is 0.279. The van der Waals surface area contributed by atoms with E-state index in [1.807, 2.05) is 6.20 Å². The zero-order chi connectivity index (χ0) is 23.1. The molecule has 3 heterocycles. The van der Waals surface area contributed by atoms with Crippen LogP contribution in [0.3, 0.4) is 0 Å². The molecule has 5 rings (SSSR count). The van der Waals surface area contributed by atoms with Crippen LogP contribution in [0.15, 0.2) is 71.3 Å². The summed E-state index contributed by atoms with van der Waals surface area (Å²) in [6.45, 7) is 10.9. The minimum absolute atomic E-state index is 0.356. The Hall–Kier alpha value is -3.46. The molecule has 0 aliphatic heterocycles. The zero-order valence-electron chi connectivity index (χ0n) is 20.0. The average Bonchev–Trinajstić information content (AvgIpc) is 3.16. The van der Waals surface area contributed by atoms with Gasteiger partial charge in [0.1, 0.15) is 5.58 Å². The van der Waals surface area contributed by atoms with E-state index < -0.39 is 0 Å². The van der Waals surface area contributed by atoms with Crippen LogP contribution in [-0.4, -0.2) is 9.97 Å². The molecule has 0 N–H and O–H groups in total. The third-order valence-electron chi connectivity index (χ3n) is 6.28. The van der Waals surface area contributed by atoms with E-state index in [9.17, 15) is 0 Å². The van der Waals surface area contributed by atoms with Gasteiger partial charge in [-0.3, -0.25) is 4.98 Å². The van der Waals surface area contributed by atoms with Gasteiger partial charge in [-0.15, -0.1) is 0 Å². The van der Waals surface area contributed by atoms with Crippen LogP contribution in [0.2, 0.25) is 0 Å². The Bertz CT molecular complexity index is 1440. The molecule has 3 aromatic heterocycles. The molecular formula is C30H30N2O. The largest absolute Gasteiger partial charge is 0.437 e. The summed E-state index contributed by atoms with van der Waals surface area (Å²) in [6, 6.07) is 21.6. The van der Waals surface area contributed by atoms with Crippen LogP contribution in [-0.2, 0) is 6.42 Å². The summed E-state index contributed by atoms with van der Waals surface area (Å²) in [7, 11) is 0. The van der Waals surface area contributed by atoms with E-state index in [2.05, 4.69) is 95.3 Å². The predicted molar refractivity (Wildman–Crippen MR) is 138 cm³/mol. The van der Waals surface area contributed by atoms with Gasteiger partial charge in [0.25, 0.3) is 0 Å². The van der Waals surface area contributed by atoms with E-state index in [1.165, 1.54) is 11.1 Å². The minimum Gasteiger partial charge on any atom is -0.437 e. The van der Waals surface area contributed by atoms with E-state index in [0.717, 1.165) is 50.9 Å². The summed E-state index contributed by atoms with van der Waals surface area (Å²) in [5.74, 6) is 1.01.